The van der Waals surface area contributed by atoms with Crippen molar-refractivity contribution >= 4 is 23.6 Å². The highest BCUT2D eigenvalue weighted by Gasteiger charge is 2.49. The van der Waals surface area contributed by atoms with E-state index in [1.807, 2.05) is 0 Å². The van der Waals surface area contributed by atoms with Crippen molar-refractivity contribution in [1.82, 2.24) is 15.5 Å². The van der Waals surface area contributed by atoms with E-state index in [1.165, 1.54) is 11.8 Å². The molecule has 2 saturated heterocycles. The average Bonchev–Trinajstić information content (AvgIpc) is 2.52. The number of likely N-dealkylation sites (tertiary alicyclic amines) is 1. The zero-order chi connectivity index (χ0) is 13.3. The number of imide groups is 1. The van der Waals surface area contributed by atoms with Crippen LogP contribution in [-0.4, -0.2) is 47.2 Å². The van der Waals surface area contributed by atoms with E-state index in [1.54, 1.807) is 0 Å². The fraction of sp³-hybridized carbons (Fsp3) is 0.636. The van der Waals surface area contributed by atoms with Crippen molar-refractivity contribution in [2.24, 2.45) is 0 Å². The summed E-state index contributed by atoms with van der Waals surface area (Å²) >= 11 is 0. The lowest BCUT2D eigenvalue weighted by molar-refractivity contribution is -0.138. The first-order valence-electron chi connectivity index (χ1n) is 5.84. The van der Waals surface area contributed by atoms with Crippen LogP contribution in [0.5, 0.6) is 0 Å². The van der Waals surface area contributed by atoms with Gasteiger partial charge in [0.25, 0.3) is 5.91 Å². The van der Waals surface area contributed by atoms with Gasteiger partial charge < -0.3 is 10.2 Å². The molecule has 0 aliphatic carbocycles. The summed E-state index contributed by atoms with van der Waals surface area (Å²) in [6, 6.07) is -0.527. The summed E-state index contributed by atoms with van der Waals surface area (Å²) in [5, 5.41) is 4.76. The normalized spacial score (nSPS) is 27.1. The van der Waals surface area contributed by atoms with Crippen molar-refractivity contribution in [3.05, 3.63) is 0 Å². The van der Waals surface area contributed by atoms with Gasteiger partial charge in [0.2, 0.25) is 5.91 Å². The summed E-state index contributed by atoms with van der Waals surface area (Å²) < 4.78 is 0. The molecule has 7 heteroatoms. The Morgan fingerprint density at radius 1 is 1.39 bits per heavy atom. The van der Waals surface area contributed by atoms with E-state index in [0.717, 1.165) is 0 Å². The third kappa shape index (κ3) is 2.20. The Balaban J connectivity index is 2.09. The van der Waals surface area contributed by atoms with E-state index >= 15 is 0 Å². The van der Waals surface area contributed by atoms with Gasteiger partial charge in [0.1, 0.15) is 11.3 Å². The van der Waals surface area contributed by atoms with E-state index in [0.29, 0.717) is 19.4 Å². The number of hydrogen-bond acceptors (Lipinski definition) is 4. The molecule has 4 amide bonds. The minimum Gasteiger partial charge on any atom is -0.339 e. The molecule has 7 nitrogen and oxygen atoms in total. The number of carbonyl (C=O) groups excluding carboxylic acids is 4. The van der Waals surface area contributed by atoms with Gasteiger partial charge in [-0.05, 0) is 19.8 Å². The molecule has 1 spiro atoms. The third-order valence-electron chi connectivity index (χ3n) is 3.26. The third-order valence-corrected chi connectivity index (χ3v) is 3.26. The van der Waals surface area contributed by atoms with E-state index in [9.17, 15) is 19.2 Å². The van der Waals surface area contributed by atoms with Gasteiger partial charge in [-0.1, -0.05) is 0 Å². The largest absolute Gasteiger partial charge is 0.339 e. The molecular formula is C11H15N3O4. The van der Waals surface area contributed by atoms with Crippen molar-refractivity contribution in [3.63, 3.8) is 0 Å². The van der Waals surface area contributed by atoms with Crippen LogP contribution in [-0.2, 0) is 14.4 Å². The zero-order valence-corrected chi connectivity index (χ0v) is 10.1. The van der Waals surface area contributed by atoms with Crippen LogP contribution < -0.4 is 10.6 Å². The highest BCUT2D eigenvalue weighted by Crippen LogP contribution is 2.24. The number of rotatable bonds is 2. The molecule has 2 aliphatic rings. The topological polar surface area (TPSA) is 95.6 Å². The average molecular weight is 253 g/mol. The van der Waals surface area contributed by atoms with Crippen LogP contribution in [0.25, 0.3) is 0 Å². The van der Waals surface area contributed by atoms with Gasteiger partial charge in [-0.25, -0.2) is 4.79 Å². The maximum atomic E-state index is 11.8. The van der Waals surface area contributed by atoms with E-state index < -0.39 is 17.5 Å². The lowest BCUT2D eigenvalue weighted by Gasteiger charge is -2.37. The molecule has 0 aromatic carbocycles. The number of nitrogens with one attached hydrogen (secondary N) is 2. The summed E-state index contributed by atoms with van der Waals surface area (Å²) in [5.41, 5.74) is -1.01. The number of Topliss-reactive ketones (excluding diaryl/α,β-unsaturated/α-hetero) is 1. The van der Waals surface area contributed by atoms with Gasteiger partial charge >= 0.3 is 6.03 Å². The van der Waals surface area contributed by atoms with E-state index in [2.05, 4.69) is 10.6 Å². The van der Waals surface area contributed by atoms with Crippen LogP contribution in [0.1, 0.15) is 26.2 Å². The summed E-state index contributed by atoms with van der Waals surface area (Å²) in [5.74, 6) is -0.900. The molecule has 0 bridgehead atoms. The van der Waals surface area contributed by atoms with Crippen LogP contribution in [0.15, 0.2) is 0 Å². The summed E-state index contributed by atoms with van der Waals surface area (Å²) in [7, 11) is 0. The quantitative estimate of drug-likeness (QED) is 0.496. The van der Waals surface area contributed by atoms with Crippen LogP contribution in [0.2, 0.25) is 0 Å². The maximum Gasteiger partial charge on any atom is 0.322 e. The van der Waals surface area contributed by atoms with Gasteiger partial charge in [-0.3, -0.25) is 19.7 Å². The molecule has 0 aromatic rings. The molecule has 2 rings (SSSR count). The van der Waals surface area contributed by atoms with Gasteiger partial charge in [-0.15, -0.1) is 0 Å². The number of hydrogen-bond donors (Lipinski definition) is 2. The molecule has 2 fully saturated rings. The van der Waals surface area contributed by atoms with Crippen molar-refractivity contribution in [3.8, 4) is 0 Å². The standard InChI is InChI=1S/C11H15N3O4/c1-7(15)5-8(16)14-4-2-3-11(6-14)9(17)12-10(18)13-11/h2-6H2,1H3,(H2,12,13,17,18). The number of carbonyl (C=O) groups is 4. The fourth-order valence-corrected chi connectivity index (χ4v) is 2.41. The molecule has 1 atom stereocenters. The monoisotopic (exact) mass is 253 g/mol. The zero-order valence-electron chi connectivity index (χ0n) is 10.1. The second kappa shape index (κ2) is 4.40. The lowest BCUT2D eigenvalue weighted by atomic mass is 9.89. The lowest BCUT2D eigenvalue weighted by Crippen LogP contribution is -2.59. The number of nitrogens with zero attached hydrogens (tertiary/aromatic N) is 1. The summed E-state index contributed by atoms with van der Waals surface area (Å²) in [6.45, 7) is 2.00. The molecule has 98 valence electrons. The minimum atomic E-state index is -1.01. The summed E-state index contributed by atoms with van der Waals surface area (Å²) in [6.07, 6.45) is 0.970. The SMILES string of the molecule is CC(=O)CC(=O)N1CCCC2(C1)NC(=O)NC2=O. The van der Waals surface area contributed by atoms with Gasteiger partial charge in [0.05, 0.1) is 13.0 Å². The van der Waals surface area contributed by atoms with Crippen LogP contribution >= 0.6 is 0 Å². The van der Waals surface area contributed by atoms with Crippen LogP contribution in [0.3, 0.4) is 0 Å². The van der Waals surface area contributed by atoms with E-state index in [-0.39, 0.29) is 24.7 Å². The molecular weight excluding hydrogens is 238 g/mol. The molecule has 18 heavy (non-hydrogen) atoms. The van der Waals surface area contributed by atoms with Gasteiger partial charge in [-0.2, -0.15) is 0 Å². The second-order valence-electron chi connectivity index (χ2n) is 4.79. The molecule has 2 aliphatic heterocycles. The van der Waals surface area contributed by atoms with Crippen LogP contribution in [0.4, 0.5) is 4.79 Å². The first kappa shape index (κ1) is 12.5. The highest BCUT2D eigenvalue weighted by atomic mass is 16.2. The number of piperidine rings is 1. The predicted molar refractivity (Wildman–Crippen MR) is 60.5 cm³/mol. The molecule has 0 aromatic heterocycles. The van der Waals surface area contributed by atoms with Gasteiger partial charge in [0, 0.05) is 6.54 Å². The molecule has 1 unspecified atom stereocenters. The second-order valence-corrected chi connectivity index (χ2v) is 4.79. The van der Waals surface area contributed by atoms with Crippen molar-refractivity contribution < 1.29 is 19.2 Å². The molecule has 2 N–H and O–H groups in total. The minimum absolute atomic E-state index is 0.136. The molecule has 2 heterocycles. The Kier molecular flexibility index (Phi) is 3.06. The highest BCUT2D eigenvalue weighted by molar-refractivity contribution is 6.07. The van der Waals surface area contributed by atoms with Crippen molar-refractivity contribution in [2.45, 2.75) is 31.7 Å². The first-order valence-corrected chi connectivity index (χ1v) is 5.84. The fourth-order valence-electron chi connectivity index (χ4n) is 2.41. The molecule has 0 radical (unpaired) electrons. The smallest absolute Gasteiger partial charge is 0.322 e. The Bertz CT molecular complexity index is 434. The number of urea groups is 1. The summed E-state index contributed by atoms with van der Waals surface area (Å²) in [4.78, 5) is 47.1. The Morgan fingerprint density at radius 3 is 2.67 bits per heavy atom. The van der Waals surface area contributed by atoms with E-state index in [4.69, 9.17) is 0 Å². The maximum absolute atomic E-state index is 11.8. The number of ketones is 1. The Hall–Kier alpha value is -1.92. The Morgan fingerprint density at radius 2 is 2.11 bits per heavy atom. The van der Waals surface area contributed by atoms with Crippen molar-refractivity contribution in [2.75, 3.05) is 13.1 Å². The number of amides is 4. The predicted octanol–water partition coefficient (Wildman–Crippen LogP) is -0.834. The first-order chi connectivity index (χ1) is 8.43. The molecule has 0 saturated carbocycles. The Labute approximate surface area is 104 Å². The van der Waals surface area contributed by atoms with Gasteiger partial charge in [0.15, 0.2) is 0 Å². The van der Waals surface area contributed by atoms with Crippen LogP contribution in [0, 0.1) is 0 Å². The van der Waals surface area contributed by atoms with Crippen molar-refractivity contribution in [1.29, 1.82) is 0 Å².